The van der Waals surface area contributed by atoms with Gasteiger partial charge in [0.25, 0.3) is 0 Å². The minimum atomic E-state index is 0.0790. The number of aliphatic hydroxyl groups is 1. The van der Waals surface area contributed by atoms with Crippen molar-refractivity contribution in [1.29, 1.82) is 0 Å². The topological polar surface area (TPSA) is 37.5 Å². The van der Waals surface area contributed by atoms with Gasteiger partial charge in [-0.05, 0) is 55.4 Å². The second-order valence-corrected chi connectivity index (χ2v) is 9.30. The highest BCUT2D eigenvalue weighted by atomic mass is 35.5. The number of nitrogens with zero attached hydrogens (tertiary/aromatic N) is 2. The van der Waals surface area contributed by atoms with Crippen molar-refractivity contribution in [1.82, 2.24) is 4.57 Å². The van der Waals surface area contributed by atoms with E-state index in [9.17, 15) is 5.11 Å². The van der Waals surface area contributed by atoms with Crippen molar-refractivity contribution >= 4 is 29.6 Å². The van der Waals surface area contributed by atoms with Crippen molar-refractivity contribution in [3.8, 4) is 0 Å². The molecule has 3 nitrogen and oxygen atoms in total. The summed E-state index contributed by atoms with van der Waals surface area (Å²) in [6.07, 6.45) is 19.0. The lowest BCUT2D eigenvalue weighted by Gasteiger charge is -2.14. The maximum Gasteiger partial charge on any atom is 0.0792 e. The van der Waals surface area contributed by atoms with E-state index in [1.165, 1.54) is 21.9 Å². The standard InChI is InChI=1S/C26H35ClN2OS/c1-5-6-12-23(27)14-18-31-26-25(20(2)3)24(19-30)21(4)29(26)17-8-7-10-22-11-9-15-28-16-13-22/h5-6,9,11-14,16,20,30H,1,7-8,10,15,17-19H2,2-4H3/b12-6-,23-14+. The first-order valence-electron chi connectivity index (χ1n) is 10.9. The van der Waals surface area contributed by atoms with Gasteiger partial charge in [0.2, 0.25) is 0 Å². The van der Waals surface area contributed by atoms with Gasteiger partial charge in [-0.25, -0.2) is 0 Å². The zero-order chi connectivity index (χ0) is 22.6. The summed E-state index contributed by atoms with van der Waals surface area (Å²) in [4.78, 5) is 4.27. The van der Waals surface area contributed by atoms with E-state index in [0.717, 1.165) is 43.7 Å². The summed E-state index contributed by atoms with van der Waals surface area (Å²) >= 11 is 8.06. The highest BCUT2D eigenvalue weighted by Crippen LogP contribution is 2.37. The van der Waals surface area contributed by atoms with E-state index in [2.05, 4.69) is 55.1 Å². The van der Waals surface area contributed by atoms with Crippen LogP contribution >= 0.6 is 23.4 Å². The molecular formula is C26H35ClN2OS. The zero-order valence-electron chi connectivity index (χ0n) is 19.0. The lowest BCUT2D eigenvalue weighted by molar-refractivity contribution is 0.279. The van der Waals surface area contributed by atoms with Crippen LogP contribution in [0, 0.1) is 6.92 Å². The maximum absolute atomic E-state index is 10.1. The van der Waals surface area contributed by atoms with Crippen LogP contribution in [0.15, 0.2) is 69.7 Å². The Morgan fingerprint density at radius 2 is 2.19 bits per heavy atom. The molecule has 0 saturated carbocycles. The molecule has 1 aliphatic rings. The number of rotatable bonds is 12. The summed E-state index contributed by atoms with van der Waals surface area (Å²) in [6.45, 7) is 12.0. The second-order valence-electron chi connectivity index (χ2n) is 7.86. The quantitative estimate of drug-likeness (QED) is 0.206. The van der Waals surface area contributed by atoms with Crippen LogP contribution in [-0.2, 0) is 13.2 Å². The Morgan fingerprint density at radius 3 is 2.90 bits per heavy atom. The van der Waals surface area contributed by atoms with Crippen LogP contribution in [0.4, 0.5) is 0 Å². The summed E-state index contributed by atoms with van der Waals surface area (Å²) in [5.41, 5.74) is 4.86. The molecule has 1 aromatic heterocycles. The minimum absolute atomic E-state index is 0.0790. The van der Waals surface area contributed by atoms with Gasteiger partial charge in [0.05, 0.1) is 18.2 Å². The molecule has 0 fully saturated rings. The maximum atomic E-state index is 10.1. The molecule has 31 heavy (non-hydrogen) atoms. The Balaban J connectivity index is 2.14. The Morgan fingerprint density at radius 1 is 1.39 bits per heavy atom. The molecule has 0 bridgehead atoms. The third-order valence-corrected chi connectivity index (χ3v) is 6.63. The first-order chi connectivity index (χ1) is 15.0. The van der Waals surface area contributed by atoms with Gasteiger partial charge >= 0.3 is 0 Å². The number of thioether (sulfide) groups is 1. The highest BCUT2D eigenvalue weighted by Gasteiger charge is 2.21. The first kappa shape index (κ1) is 25.5. The fourth-order valence-electron chi connectivity index (χ4n) is 3.73. The van der Waals surface area contributed by atoms with Gasteiger partial charge in [-0.2, -0.15) is 0 Å². The Hall–Kier alpha value is -1.75. The Labute approximate surface area is 197 Å². The SMILES string of the molecule is C=C/C=C\C(Cl)=C/CSc1c(C(C)C)c(CO)c(C)n1CCCCC1=CC=NCC=C1. The van der Waals surface area contributed by atoms with Crippen molar-refractivity contribution in [3.05, 3.63) is 76.5 Å². The number of aliphatic imine (C=N–C) groups is 1. The zero-order valence-corrected chi connectivity index (χ0v) is 20.6. The molecule has 0 radical (unpaired) electrons. The Bertz CT molecular complexity index is 888. The van der Waals surface area contributed by atoms with Crippen LogP contribution in [0.25, 0.3) is 0 Å². The fraction of sp³-hybridized carbons (Fsp3) is 0.423. The number of allylic oxidation sites excluding steroid dienone is 7. The largest absolute Gasteiger partial charge is 0.392 e. The summed E-state index contributed by atoms with van der Waals surface area (Å²) < 4.78 is 2.39. The molecule has 1 N–H and O–H groups in total. The summed E-state index contributed by atoms with van der Waals surface area (Å²) in [5.74, 6) is 1.14. The molecule has 0 unspecified atom stereocenters. The number of aliphatic hydroxyl groups excluding tert-OH is 1. The number of halogens is 1. The molecule has 168 valence electrons. The van der Waals surface area contributed by atoms with E-state index in [1.807, 2.05) is 24.4 Å². The first-order valence-corrected chi connectivity index (χ1v) is 12.3. The molecule has 0 atom stereocenters. The third-order valence-electron chi connectivity index (χ3n) is 5.30. The minimum Gasteiger partial charge on any atom is -0.392 e. The van der Waals surface area contributed by atoms with Crippen molar-refractivity contribution < 1.29 is 5.11 Å². The fourth-order valence-corrected chi connectivity index (χ4v) is 5.29. The molecule has 0 aromatic carbocycles. The van der Waals surface area contributed by atoms with Gasteiger partial charge < -0.3 is 9.67 Å². The van der Waals surface area contributed by atoms with Gasteiger partial charge in [0.15, 0.2) is 0 Å². The summed E-state index contributed by atoms with van der Waals surface area (Å²) in [7, 11) is 0. The van der Waals surface area contributed by atoms with Crippen molar-refractivity contribution in [2.45, 2.75) is 64.1 Å². The average Bonchev–Trinajstić information content (AvgIpc) is 2.90. The molecule has 2 rings (SSSR count). The predicted molar refractivity (Wildman–Crippen MR) is 138 cm³/mol. The van der Waals surface area contributed by atoms with E-state index in [4.69, 9.17) is 11.6 Å². The van der Waals surface area contributed by atoms with E-state index in [1.54, 1.807) is 17.8 Å². The van der Waals surface area contributed by atoms with Gasteiger partial charge in [-0.3, -0.25) is 4.99 Å². The molecule has 1 aliphatic heterocycles. The normalized spacial score (nSPS) is 14.5. The molecule has 2 heterocycles. The predicted octanol–water partition coefficient (Wildman–Crippen LogP) is 7.11. The highest BCUT2D eigenvalue weighted by molar-refractivity contribution is 7.99. The van der Waals surface area contributed by atoms with Crippen LogP contribution in [0.1, 0.15) is 55.8 Å². The van der Waals surface area contributed by atoms with Crippen LogP contribution in [0.2, 0.25) is 0 Å². The van der Waals surface area contributed by atoms with Gasteiger partial charge in [-0.1, -0.05) is 62.4 Å². The molecule has 1 aromatic rings. The van der Waals surface area contributed by atoms with E-state index in [0.29, 0.717) is 11.0 Å². The number of hydrogen-bond acceptors (Lipinski definition) is 3. The van der Waals surface area contributed by atoms with E-state index < -0.39 is 0 Å². The summed E-state index contributed by atoms with van der Waals surface area (Å²) in [5, 5.41) is 12.0. The molecular weight excluding hydrogens is 424 g/mol. The van der Waals surface area contributed by atoms with Crippen molar-refractivity contribution in [2.24, 2.45) is 4.99 Å². The summed E-state index contributed by atoms with van der Waals surface area (Å²) in [6, 6.07) is 0. The van der Waals surface area contributed by atoms with E-state index in [-0.39, 0.29) is 6.61 Å². The van der Waals surface area contributed by atoms with Gasteiger partial charge in [-0.15, -0.1) is 11.8 Å². The lowest BCUT2D eigenvalue weighted by Crippen LogP contribution is -2.03. The smallest absolute Gasteiger partial charge is 0.0792 e. The number of aromatic nitrogens is 1. The van der Waals surface area contributed by atoms with Crippen LogP contribution in [0.3, 0.4) is 0 Å². The van der Waals surface area contributed by atoms with Crippen LogP contribution < -0.4 is 0 Å². The number of hydrogen-bond donors (Lipinski definition) is 1. The molecule has 0 aliphatic carbocycles. The van der Waals surface area contributed by atoms with Crippen molar-refractivity contribution in [3.63, 3.8) is 0 Å². The number of unbranched alkanes of at least 4 members (excludes halogenated alkanes) is 1. The van der Waals surface area contributed by atoms with Crippen LogP contribution in [-0.4, -0.2) is 28.2 Å². The third kappa shape index (κ3) is 7.71. The van der Waals surface area contributed by atoms with Gasteiger partial charge in [0.1, 0.15) is 0 Å². The van der Waals surface area contributed by atoms with Gasteiger partial charge in [0, 0.05) is 34.8 Å². The molecule has 0 amide bonds. The molecule has 0 saturated heterocycles. The second kappa shape index (κ2) is 13.6. The van der Waals surface area contributed by atoms with Crippen LogP contribution in [0.5, 0.6) is 0 Å². The monoisotopic (exact) mass is 458 g/mol. The lowest BCUT2D eigenvalue weighted by atomic mass is 10.0. The average molecular weight is 459 g/mol. The van der Waals surface area contributed by atoms with Crippen molar-refractivity contribution in [2.75, 3.05) is 12.3 Å². The molecule has 5 heteroatoms. The Kier molecular flexibility index (Phi) is 11.2. The van der Waals surface area contributed by atoms with E-state index >= 15 is 0 Å². The molecule has 0 spiro atoms.